The number of allylic oxidation sites excluding steroid dienone is 1. The molecule has 1 rings (SSSR count). The van der Waals surface area contributed by atoms with Gasteiger partial charge in [-0.1, -0.05) is 6.08 Å². The molecule has 1 aliphatic rings. The van der Waals surface area contributed by atoms with E-state index in [1.165, 1.54) is 7.11 Å². The van der Waals surface area contributed by atoms with Crippen molar-refractivity contribution in [2.45, 2.75) is 32.1 Å². The predicted octanol–water partition coefficient (Wildman–Crippen LogP) is 1.62. The van der Waals surface area contributed by atoms with Gasteiger partial charge < -0.3 is 4.74 Å². The number of rotatable bonds is 1. The predicted molar refractivity (Wildman–Crippen MR) is 48.2 cm³/mol. The summed E-state index contributed by atoms with van der Waals surface area (Å²) in [6.07, 6.45) is 5.44. The van der Waals surface area contributed by atoms with Crippen LogP contribution in [0.2, 0.25) is 0 Å². The second kappa shape index (κ2) is 4.80. The van der Waals surface area contributed by atoms with Crippen LogP contribution in [0.3, 0.4) is 0 Å². The number of hydrogen-bond donors (Lipinski definition) is 0. The quantitative estimate of drug-likeness (QED) is 0.579. The first-order chi connectivity index (χ1) is 6.24. The van der Waals surface area contributed by atoms with E-state index in [2.05, 4.69) is 4.74 Å². The highest BCUT2D eigenvalue weighted by Crippen LogP contribution is 2.15. The summed E-state index contributed by atoms with van der Waals surface area (Å²) in [5, 5.41) is 0. The van der Waals surface area contributed by atoms with Gasteiger partial charge in [-0.2, -0.15) is 0 Å². The summed E-state index contributed by atoms with van der Waals surface area (Å²) < 4.78 is 4.57. The minimum Gasteiger partial charge on any atom is -0.466 e. The Morgan fingerprint density at radius 3 is 2.92 bits per heavy atom. The van der Waals surface area contributed by atoms with E-state index in [1.54, 1.807) is 0 Å². The fourth-order valence-corrected chi connectivity index (χ4v) is 1.40. The average molecular weight is 182 g/mol. The Balaban J connectivity index is 2.68. The third-order valence-corrected chi connectivity index (χ3v) is 2.14. The molecule has 0 bridgehead atoms. The highest BCUT2D eigenvalue weighted by molar-refractivity contribution is 5.95. The number of carbonyl (C=O) groups is 2. The second-order valence-corrected chi connectivity index (χ2v) is 3.18. The Morgan fingerprint density at radius 2 is 2.23 bits per heavy atom. The van der Waals surface area contributed by atoms with E-state index >= 15 is 0 Å². The average Bonchev–Trinajstić information content (AvgIpc) is 2.10. The van der Waals surface area contributed by atoms with Crippen LogP contribution in [0.5, 0.6) is 0 Å². The van der Waals surface area contributed by atoms with Crippen LogP contribution in [0.4, 0.5) is 0 Å². The molecule has 0 saturated carbocycles. The van der Waals surface area contributed by atoms with E-state index in [-0.39, 0.29) is 18.2 Å². The molecule has 0 atom stereocenters. The molecule has 0 aromatic carbocycles. The summed E-state index contributed by atoms with van der Waals surface area (Å²) in [4.78, 5) is 22.4. The molecule has 1 aliphatic carbocycles. The van der Waals surface area contributed by atoms with Crippen LogP contribution < -0.4 is 0 Å². The molecule has 0 unspecified atom stereocenters. The van der Waals surface area contributed by atoms with Crippen molar-refractivity contribution in [1.82, 2.24) is 0 Å². The van der Waals surface area contributed by atoms with Gasteiger partial charge in [-0.3, -0.25) is 4.79 Å². The van der Waals surface area contributed by atoms with Crippen molar-refractivity contribution < 1.29 is 14.3 Å². The lowest BCUT2D eigenvalue weighted by Crippen LogP contribution is -2.11. The van der Waals surface area contributed by atoms with E-state index < -0.39 is 0 Å². The maximum atomic E-state index is 11.2. The summed E-state index contributed by atoms with van der Waals surface area (Å²) in [6.45, 7) is 0. The van der Waals surface area contributed by atoms with Crippen LogP contribution in [0.25, 0.3) is 0 Å². The molecule has 0 N–H and O–H groups in total. The first kappa shape index (κ1) is 9.96. The van der Waals surface area contributed by atoms with Crippen molar-refractivity contribution in [2.24, 2.45) is 0 Å². The van der Waals surface area contributed by atoms with Gasteiger partial charge in [0.15, 0.2) is 0 Å². The molecule has 0 spiro atoms. The molecule has 0 aromatic rings. The van der Waals surface area contributed by atoms with E-state index in [9.17, 15) is 9.59 Å². The molecular weight excluding hydrogens is 168 g/mol. The second-order valence-electron chi connectivity index (χ2n) is 3.18. The number of methoxy groups -OCH3 is 1. The van der Waals surface area contributed by atoms with Gasteiger partial charge in [-0.15, -0.1) is 0 Å². The van der Waals surface area contributed by atoms with E-state index in [0.717, 1.165) is 19.3 Å². The Kier molecular flexibility index (Phi) is 3.68. The number of carbonyl (C=O) groups excluding carboxylic acids is 2. The third-order valence-electron chi connectivity index (χ3n) is 2.14. The molecular formula is C10H14O3. The van der Waals surface area contributed by atoms with Crippen molar-refractivity contribution in [2.75, 3.05) is 7.11 Å². The van der Waals surface area contributed by atoms with Crippen LogP contribution in [0, 0.1) is 0 Å². The third kappa shape index (κ3) is 3.01. The summed E-state index contributed by atoms with van der Waals surface area (Å²) in [5.41, 5.74) is 0.521. The molecule has 0 amide bonds. The number of ether oxygens (including phenoxy) is 1. The fourth-order valence-electron chi connectivity index (χ4n) is 1.40. The lowest BCUT2D eigenvalue weighted by molar-refractivity contribution is -0.137. The highest BCUT2D eigenvalue weighted by Gasteiger charge is 2.15. The van der Waals surface area contributed by atoms with E-state index in [4.69, 9.17) is 0 Å². The van der Waals surface area contributed by atoms with Crippen LogP contribution in [0.1, 0.15) is 32.1 Å². The molecule has 72 valence electrons. The number of Topliss-reactive ketones (excluding diaryl/α,β-unsaturated/α-hetero) is 1. The minimum atomic E-state index is -0.366. The first-order valence-electron chi connectivity index (χ1n) is 4.53. The maximum absolute atomic E-state index is 11.2. The van der Waals surface area contributed by atoms with Gasteiger partial charge >= 0.3 is 5.97 Å². The molecule has 0 radical (unpaired) electrons. The number of hydrogen-bond acceptors (Lipinski definition) is 3. The van der Waals surface area contributed by atoms with Crippen molar-refractivity contribution in [1.29, 1.82) is 0 Å². The maximum Gasteiger partial charge on any atom is 0.333 e. The monoisotopic (exact) mass is 182 g/mol. The first-order valence-corrected chi connectivity index (χ1v) is 4.53. The largest absolute Gasteiger partial charge is 0.466 e. The lowest BCUT2D eigenvalue weighted by Gasteiger charge is -2.08. The number of ketones is 1. The molecule has 0 fully saturated rings. The van der Waals surface area contributed by atoms with Crippen LogP contribution in [0.15, 0.2) is 11.6 Å². The summed E-state index contributed by atoms with van der Waals surface area (Å²) >= 11 is 0. The van der Waals surface area contributed by atoms with Crippen molar-refractivity contribution in [3.8, 4) is 0 Å². The summed E-state index contributed by atoms with van der Waals surface area (Å²) in [6, 6.07) is 0. The smallest absolute Gasteiger partial charge is 0.333 e. The zero-order valence-corrected chi connectivity index (χ0v) is 7.84. The molecule has 3 heteroatoms. The van der Waals surface area contributed by atoms with E-state index in [1.807, 2.05) is 6.08 Å². The molecule has 0 aliphatic heterocycles. The van der Waals surface area contributed by atoms with Crippen molar-refractivity contribution in [3.63, 3.8) is 0 Å². The standard InChI is InChI=1S/C10H14O3/c1-13-10(12)8-5-3-2-4-6-9(11)7-8/h5H,2-4,6-7H2,1H3. The minimum absolute atomic E-state index is 0.136. The van der Waals surface area contributed by atoms with Gasteiger partial charge in [0.1, 0.15) is 5.78 Å². The molecule has 0 heterocycles. The van der Waals surface area contributed by atoms with E-state index in [0.29, 0.717) is 12.0 Å². The Hall–Kier alpha value is -1.12. The van der Waals surface area contributed by atoms with Crippen molar-refractivity contribution >= 4 is 11.8 Å². The number of esters is 1. The molecule has 0 aromatic heterocycles. The Bertz CT molecular complexity index is 241. The van der Waals surface area contributed by atoms with Gasteiger partial charge in [-0.25, -0.2) is 4.79 Å². The van der Waals surface area contributed by atoms with Gasteiger partial charge in [0, 0.05) is 18.4 Å². The summed E-state index contributed by atoms with van der Waals surface area (Å²) in [7, 11) is 1.34. The lowest BCUT2D eigenvalue weighted by atomic mass is 9.99. The Labute approximate surface area is 77.8 Å². The van der Waals surface area contributed by atoms with Crippen LogP contribution >= 0.6 is 0 Å². The van der Waals surface area contributed by atoms with Gasteiger partial charge in [0.25, 0.3) is 0 Å². The SMILES string of the molecule is COC(=O)C1=CCCCCC(=O)C1. The van der Waals surface area contributed by atoms with Crippen LogP contribution in [-0.4, -0.2) is 18.9 Å². The molecule has 3 nitrogen and oxygen atoms in total. The highest BCUT2D eigenvalue weighted by atomic mass is 16.5. The Morgan fingerprint density at radius 1 is 1.46 bits per heavy atom. The van der Waals surface area contributed by atoms with Gasteiger partial charge in [0.2, 0.25) is 0 Å². The van der Waals surface area contributed by atoms with Crippen LogP contribution in [-0.2, 0) is 14.3 Å². The van der Waals surface area contributed by atoms with Crippen molar-refractivity contribution in [3.05, 3.63) is 11.6 Å². The zero-order chi connectivity index (χ0) is 9.68. The zero-order valence-electron chi connectivity index (χ0n) is 7.84. The fraction of sp³-hybridized carbons (Fsp3) is 0.600. The molecule has 0 saturated heterocycles. The molecule has 13 heavy (non-hydrogen) atoms. The summed E-state index contributed by atoms with van der Waals surface area (Å²) in [5.74, 6) is -0.230. The normalized spacial score (nSPS) is 18.5. The van der Waals surface area contributed by atoms with Gasteiger partial charge in [0.05, 0.1) is 7.11 Å². The van der Waals surface area contributed by atoms with Gasteiger partial charge in [-0.05, 0) is 19.3 Å². The topological polar surface area (TPSA) is 43.4 Å².